The van der Waals surface area contributed by atoms with Crippen LogP contribution in [0, 0.1) is 5.92 Å². The Balaban J connectivity index is 2.23. The lowest BCUT2D eigenvalue weighted by Gasteiger charge is -2.40. The Hall–Kier alpha value is -2.49. The smallest absolute Gasteiger partial charge is 0.333 e. The van der Waals surface area contributed by atoms with E-state index in [9.17, 15) is 24.6 Å². The van der Waals surface area contributed by atoms with Crippen molar-refractivity contribution in [2.45, 2.75) is 110 Å². The Labute approximate surface area is 213 Å². The van der Waals surface area contributed by atoms with Crippen molar-refractivity contribution < 1.29 is 43.5 Å². The minimum Gasteiger partial charge on any atom is -0.458 e. The number of allylic oxidation sites excluding steroid dienone is 2. The van der Waals surface area contributed by atoms with Crippen LogP contribution in [-0.2, 0) is 33.3 Å². The molecule has 1 aliphatic carbocycles. The molecule has 36 heavy (non-hydrogen) atoms. The van der Waals surface area contributed by atoms with E-state index in [1.165, 1.54) is 6.92 Å². The van der Waals surface area contributed by atoms with Gasteiger partial charge in [-0.05, 0) is 60.5 Å². The quantitative estimate of drug-likeness (QED) is 0.150. The zero-order chi connectivity index (χ0) is 27.6. The highest BCUT2D eigenvalue weighted by Crippen LogP contribution is 2.53. The van der Waals surface area contributed by atoms with Crippen LogP contribution in [0.2, 0.25) is 0 Å². The van der Waals surface area contributed by atoms with Crippen LogP contribution in [0.4, 0.5) is 0 Å². The molecule has 0 aromatic heterocycles. The first-order chi connectivity index (χ1) is 16.6. The molecule has 0 radical (unpaired) electrons. The summed E-state index contributed by atoms with van der Waals surface area (Å²) < 4.78 is 22.6. The number of carbonyl (C=O) groups is 3. The van der Waals surface area contributed by atoms with Gasteiger partial charge >= 0.3 is 17.9 Å². The van der Waals surface area contributed by atoms with Gasteiger partial charge in [0.15, 0.2) is 6.10 Å². The lowest BCUT2D eigenvalue weighted by molar-refractivity contribution is -0.175. The van der Waals surface area contributed by atoms with Gasteiger partial charge in [-0.15, -0.1) is 0 Å². The van der Waals surface area contributed by atoms with Crippen molar-refractivity contribution in [3.8, 4) is 0 Å². The fourth-order valence-electron chi connectivity index (χ4n) is 4.31. The van der Waals surface area contributed by atoms with E-state index in [0.717, 1.165) is 0 Å². The van der Waals surface area contributed by atoms with Crippen LogP contribution in [0.1, 0.15) is 68.2 Å². The van der Waals surface area contributed by atoms with Gasteiger partial charge in [-0.25, -0.2) is 9.59 Å². The summed E-state index contributed by atoms with van der Waals surface area (Å²) in [6, 6.07) is 0. The second kappa shape index (κ2) is 11.3. The largest absolute Gasteiger partial charge is 0.458 e. The first-order valence-electron chi connectivity index (χ1n) is 12.2. The summed E-state index contributed by atoms with van der Waals surface area (Å²) >= 11 is 0. The standard InChI is InChI=1S/C27H40O9/c1-10-14(3)24(31)34-23-22(33-17(6)28)18(12-21-27(23,9)35-21)16(5)19(29)13-20(30)26(7,8)36-25(32)15(4)11-2/h10-11,18-23,29-30H,5,12-13H2,1-4,6-9H3. The maximum absolute atomic E-state index is 12.6. The number of hydrogen-bond acceptors (Lipinski definition) is 9. The highest BCUT2D eigenvalue weighted by atomic mass is 16.7. The molecule has 2 rings (SSSR count). The average Bonchev–Trinajstić information content (AvgIpc) is 3.48. The van der Waals surface area contributed by atoms with E-state index in [1.54, 1.807) is 60.6 Å². The van der Waals surface area contributed by atoms with Crippen LogP contribution < -0.4 is 0 Å². The van der Waals surface area contributed by atoms with E-state index in [0.29, 0.717) is 23.1 Å². The Morgan fingerprint density at radius 2 is 1.64 bits per heavy atom. The van der Waals surface area contributed by atoms with Crippen molar-refractivity contribution in [1.82, 2.24) is 0 Å². The van der Waals surface area contributed by atoms with E-state index >= 15 is 0 Å². The molecule has 1 saturated carbocycles. The number of aliphatic hydroxyl groups excluding tert-OH is 2. The second-order valence-electron chi connectivity index (χ2n) is 10.3. The maximum Gasteiger partial charge on any atom is 0.333 e. The molecule has 1 saturated heterocycles. The molecule has 0 aromatic rings. The molecular weight excluding hydrogens is 468 g/mol. The van der Waals surface area contributed by atoms with Gasteiger partial charge in [0.05, 0.1) is 18.3 Å². The average molecular weight is 509 g/mol. The van der Waals surface area contributed by atoms with Crippen molar-refractivity contribution >= 4 is 17.9 Å². The van der Waals surface area contributed by atoms with Gasteiger partial charge in [-0.1, -0.05) is 18.7 Å². The van der Waals surface area contributed by atoms with E-state index in [-0.39, 0.29) is 12.5 Å². The van der Waals surface area contributed by atoms with Crippen LogP contribution in [0.5, 0.6) is 0 Å². The van der Waals surface area contributed by atoms with Gasteiger partial charge in [0, 0.05) is 30.4 Å². The Kier molecular flexibility index (Phi) is 9.31. The molecule has 7 atom stereocenters. The number of ether oxygens (including phenoxy) is 4. The molecular formula is C27H40O9. The zero-order valence-electron chi connectivity index (χ0n) is 22.5. The molecule has 2 fully saturated rings. The predicted octanol–water partition coefficient (Wildman–Crippen LogP) is 2.93. The summed E-state index contributed by atoms with van der Waals surface area (Å²) in [5.41, 5.74) is -1.02. The van der Waals surface area contributed by atoms with Crippen LogP contribution in [-0.4, -0.2) is 69.8 Å². The second-order valence-corrected chi connectivity index (χ2v) is 10.3. The van der Waals surface area contributed by atoms with E-state index in [2.05, 4.69) is 6.58 Å². The fraction of sp³-hybridized carbons (Fsp3) is 0.667. The Morgan fingerprint density at radius 1 is 1.08 bits per heavy atom. The molecule has 9 heteroatoms. The van der Waals surface area contributed by atoms with Crippen LogP contribution in [0.3, 0.4) is 0 Å². The molecule has 9 nitrogen and oxygen atoms in total. The number of hydrogen-bond donors (Lipinski definition) is 2. The first-order valence-corrected chi connectivity index (χ1v) is 12.2. The lowest BCUT2D eigenvalue weighted by atomic mass is 9.73. The number of esters is 3. The Bertz CT molecular complexity index is 947. The molecule has 1 heterocycles. The molecule has 2 aliphatic rings. The van der Waals surface area contributed by atoms with Crippen molar-refractivity contribution in [3.05, 3.63) is 35.5 Å². The summed E-state index contributed by atoms with van der Waals surface area (Å²) in [4.78, 5) is 36.7. The minimum atomic E-state index is -1.29. The molecule has 0 bridgehead atoms. The molecule has 0 spiro atoms. The summed E-state index contributed by atoms with van der Waals surface area (Å²) in [5.74, 6) is -2.30. The van der Waals surface area contributed by atoms with Crippen LogP contribution in [0.15, 0.2) is 35.5 Å². The van der Waals surface area contributed by atoms with E-state index < -0.39 is 59.4 Å². The van der Waals surface area contributed by atoms with Crippen molar-refractivity contribution in [2.75, 3.05) is 0 Å². The van der Waals surface area contributed by atoms with E-state index in [1.807, 2.05) is 0 Å². The van der Waals surface area contributed by atoms with Gasteiger partial charge < -0.3 is 29.2 Å². The summed E-state index contributed by atoms with van der Waals surface area (Å²) in [5, 5.41) is 21.8. The van der Waals surface area contributed by atoms with Crippen molar-refractivity contribution in [1.29, 1.82) is 0 Å². The highest BCUT2D eigenvalue weighted by Gasteiger charge is 2.68. The fourth-order valence-corrected chi connectivity index (χ4v) is 4.31. The third-order valence-corrected chi connectivity index (χ3v) is 7.26. The molecule has 7 unspecified atom stereocenters. The highest BCUT2D eigenvalue weighted by molar-refractivity contribution is 5.88. The molecule has 0 amide bonds. The monoisotopic (exact) mass is 508 g/mol. The van der Waals surface area contributed by atoms with Gasteiger partial charge in [-0.3, -0.25) is 4.79 Å². The minimum absolute atomic E-state index is 0.178. The number of fused-ring (bicyclic) bond motifs is 1. The molecule has 0 aromatic carbocycles. The van der Waals surface area contributed by atoms with Gasteiger partial charge in [-0.2, -0.15) is 0 Å². The summed E-state index contributed by atoms with van der Waals surface area (Å²) in [7, 11) is 0. The molecule has 1 aliphatic heterocycles. The van der Waals surface area contributed by atoms with E-state index in [4.69, 9.17) is 18.9 Å². The lowest BCUT2D eigenvalue weighted by Crippen LogP contribution is -2.54. The third-order valence-electron chi connectivity index (χ3n) is 7.26. The predicted molar refractivity (Wildman–Crippen MR) is 132 cm³/mol. The number of carbonyl (C=O) groups excluding carboxylic acids is 3. The number of epoxide rings is 1. The van der Waals surface area contributed by atoms with Crippen molar-refractivity contribution in [2.24, 2.45) is 5.92 Å². The normalized spacial score (nSPS) is 29.9. The van der Waals surface area contributed by atoms with Gasteiger partial charge in [0.2, 0.25) is 0 Å². The van der Waals surface area contributed by atoms with Crippen LogP contribution >= 0.6 is 0 Å². The van der Waals surface area contributed by atoms with Gasteiger partial charge in [0.25, 0.3) is 0 Å². The molecule has 2 N–H and O–H groups in total. The topological polar surface area (TPSA) is 132 Å². The first kappa shape index (κ1) is 29.7. The van der Waals surface area contributed by atoms with Crippen molar-refractivity contribution in [3.63, 3.8) is 0 Å². The Morgan fingerprint density at radius 3 is 2.17 bits per heavy atom. The SMILES string of the molecule is C=C(C(O)CC(O)C(C)(C)OC(=O)C(C)=CC)C1CC2OC2(C)C(OC(=O)C(C)=CC)C1OC(C)=O. The van der Waals surface area contributed by atoms with Crippen LogP contribution in [0.25, 0.3) is 0 Å². The summed E-state index contributed by atoms with van der Waals surface area (Å²) in [6.45, 7) is 16.8. The van der Waals surface area contributed by atoms with Gasteiger partial charge in [0.1, 0.15) is 17.3 Å². The third kappa shape index (κ3) is 6.44. The molecule has 202 valence electrons. The maximum atomic E-state index is 12.6. The summed E-state index contributed by atoms with van der Waals surface area (Å²) in [6.07, 6.45) is -1.15. The zero-order valence-corrected chi connectivity index (χ0v) is 22.5. The number of aliphatic hydroxyl groups is 2. The number of rotatable bonds is 10.